The standard InChI is InChI=1S/C16H21NO/c1-10-3-4-11(2)12(7-10)8-16(18)14-9-13-5-6-15(14)17-13/h3-4,7,13-15,17H,5-6,8-9H2,1-2H3. The van der Waals surface area contributed by atoms with Crippen LogP contribution in [0.15, 0.2) is 18.2 Å². The zero-order chi connectivity index (χ0) is 12.7. The number of benzene rings is 1. The van der Waals surface area contributed by atoms with Crippen molar-refractivity contribution in [2.24, 2.45) is 5.92 Å². The SMILES string of the molecule is Cc1ccc(C)c(CC(=O)C2CC3CCC2N3)c1. The first-order chi connectivity index (χ1) is 8.63. The molecular weight excluding hydrogens is 222 g/mol. The molecule has 0 aromatic heterocycles. The summed E-state index contributed by atoms with van der Waals surface area (Å²) in [5, 5.41) is 3.55. The number of rotatable bonds is 3. The molecule has 2 bridgehead atoms. The van der Waals surface area contributed by atoms with E-state index >= 15 is 0 Å². The number of ketones is 1. The fourth-order valence-electron chi connectivity index (χ4n) is 3.49. The minimum absolute atomic E-state index is 0.267. The number of Topliss-reactive ketones (excluding diaryl/α,β-unsaturated/α-hetero) is 1. The van der Waals surface area contributed by atoms with E-state index in [2.05, 4.69) is 37.4 Å². The van der Waals surface area contributed by atoms with Gasteiger partial charge in [0.15, 0.2) is 0 Å². The molecule has 96 valence electrons. The van der Waals surface area contributed by atoms with Crippen molar-refractivity contribution in [2.45, 2.75) is 51.6 Å². The van der Waals surface area contributed by atoms with E-state index in [1.165, 1.54) is 29.5 Å². The Morgan fingerprint density at radius 3 is 2.83 bits per heavy atom. The number of hydrogen-bond acceptors (Lipinski definition) is 2. The highest BCUT2D eigenvalue weighted by Crippen LogP contribution is 2.34. The van der Waals surface area contributed by atoms with Gasteiger partial charge in [0.05, 0.1) is 0 Å². The third-order valence-electron chi connectivity index (χ3n) is 4.58. The van der Waals surface area contributed by atoms with Crippen LogP contribution in [0.25, 0.3) is 0 Å². The Morgan fingerprint density at radius 2 is 2.17 bits per heavy atom. The minimum Gasteiger partial charge on any atom is -0.310 e. The van der Waals surface area contributed by atoms with Crippen LogP contribution in [0.5, 0.6) is 0 Å². The first kappa shape index (κ1) is 11.9. The molecule has 2 nitrogen and oxygen atoms in total. The smallest absolute Gasteiger partial charge is 0.141 e. The van der Waals surface area contributed by atoms with Crippen molar-refractivity contribution in [3.8, 4) is 0 Å². The summed E-state index contributed by atoms with van der Waals surface area (Å²) in [5.41, 5.74) is 3.70. The van der Waals surface area contributed by atoms with Crippen molar-refractivity contribution >= 4 is 5.78 Å². The molecule has 1 N–H and O–H groups in total. The molecule has 1 aromatic rings. The highest BCUT2D eigenvalue weighted by atomic mass is 16.1. The van der Waals surface area contributed by atoms with Gasteiger partial charge in [-0.3, -0.25) is 4.79 Å². The van der Waals surface area contributed by atoms with Crippen LogP contribution in [-0.2, 0) is 11.2 Å². The molecule has 2 heteroatoms. The monoisotopic (exact) mass is 243 g/mol. The maximum absolute atomic E-state index is 12.4. The second-order valence-electron chi connectivity index (χ2n) is 5.96. The van der Waals surface area contributed by atoms with E-state index < -0.39 is 0 Å². The molecule has 2 heterocycles. The van der Waals surface area contributed by atoms with E-state index in [4.69, 9.17) is 0 Å². The lowest BCUT2D eigenvalue weighted by Crippen LogP contribution is -2.29. The summed E-state index contributed by atoms with van der Waals surface area (Å²) in [6.07, 6.45) is 4.13. The Labute approximate surface area is 109 Å². The second-order valence-corrected chi connectivity index (χ2v) is 5.96. The van der Waals surface area contributed by atoms with Crippen molar-refractivity contribution in [2.75, 3.05) is 0 Å². The van der Waals surface area contributed by atoms with Gasteiger partial charge in [0.1, 0.15) is 5.78 Å². The van der Waals surface area contributed by atoms with Crippen LogP contribution < -0.4 is 5.32 Å². The Kier molecular flexibility index (Phi) is 2.98. The van der Waals surface area contributed by atoms with Gasteiger partial charge in [0.25, 0.3) is 0 Å². The summed E-state index contributed by atoms with van der Waals surface area (Å²) in [6.45, 7) is 4.19. The second kappa shape index (κ2) is 4.51. The average Bonchev–Trinajstić information content (AvgIpc) is 2.96. The fraction of sp³-hybridized carbons (Fsp3) is 0.562. The summed E-state index contributed by atoms with van der Waals surface area (Å²) in [4.78, 5) is 12.4. The number of carbonyl (C=O) groups excluding carboxylic acids is 1. The van der Waals surface area contributed by atoms with Crippen LogP contribution in [0, 0.1) is 19.8 Å². The van der Waals surface area contributed by atoms with Crippen molar-refractivity contribution in [1.29, 1.82) is 0 Å². The van der Waals surface area contributed by atoms with Crippen LogP contribution >= 0.6 is 0 Å². The predicted molar refractivity (Wildman–Crippen MR) is 72.7 cm³/mol. The van der Waals surface area contributed by atoms with Crippen molar-refractivity contribution in [3.05, 3.63) is 34.9 Å². The van der Waals surface area contributed by atoms with E-state index in [9.17, 15) is 4.79 Å². The molecule has 0 amide bonds. The molecule has 2 fully saturated rings. The molecule has 1 aromatic carbocycles. The summed E-state index contributed by atoms with van der Waals surface area (Å²) in [6, 6.07) is 7.47. The minimum atomic E-state index is 0.267. The van der Waals surface area contributed by atoms with Gasteiger partial charge in [-0.05, 0) is 44.2 Å². The Morgan fingerprint density at radius 1 is 1.33 bits per heavy atom. The number of fused-ring (bicyclic) bond motifs is 2. The Balaban J connectivity index is 1.72. The van der Waals surface area contributed by atoms with Crippen molar-refractivity contribution < 1.29 is 4.79 Å². The van der Waals surface area contributed by atoms with Crippen molar-refractivity contribution in [3.63, 3.8) is 0 Å². The number of aryl methyl sites for hydroxylation is 2. The lowest BCUT2D eigenvalue weighted by Gasteiger charge is -2.19. The maximum Gasteiger partial charge on any atom is 0.141 e. The van der Waals surface area contributed by atoms with Gasteiger partial charge in [-0.25, -0.2) is 0 Å². The normalized spacial score (nSPS) is 29.8. The molecule has 0 aliphatic carbocycles. The van der Waals surface area contributed by atoms with Crippen LogP contribution in [0.2, 0.25) is 0 Å². The van der Waals surface area contributed by atoms with E-state index in [0.29, 0.717) is 24.3 Å². The maximum atomic E-state index is 12.4. The summed E-state index contributed by atoms with van der Waals surface area (Å²) in [7, 11) is 0. The average molecular weight is 243 g/mol. The molecule has 0 spiro atoms. The topological polar surface area (TPSA) is 29.1 Å². The Hall–Kier alpha value is -1.15. The zero-order valence-corrected chi connectivity index (χ0v) is 11.2. The van der Waals surface area contributed by atoms with Gasteiger partial charge in [-0.1, -0.05) is 23.8 Å². The van der Waals surface area contributed by atoms with E-state index in [1.54, 1.807) is 0 Å². The molecule has 2 saturated heterocycles. The lowest BCUT2D eigenvalue weighted by molar-refractivity contribution is -0.122. The van der Waals surface area contributed by atoms with Gasteiger partial charge in [-0.2, -0.15) is 0 Å². The molecular formula is C16H21NO. The fourth-order valence-corrected chi connectivity index (χ4v) is 3.49. The number of hydrogen-bond donors (Lipinski definition) is 1. The number of carbonyl (C=O) groups is 1. The van der Waals surface area contributed by atoms with Gasteiger partial charge in [-0.15, -0.1) is 0 Å². The van der Waals surface area contributed by atoms with Crippen molar-refractivity contribution in [1.82, 2.24) is 5.32 Å². The van der Waals surface area contributed by atoms with Gasteiger partial charge in [0.2, 0.25) is 0 Å². The highest BCUT2D eigenvalue weighted by molar-refractivity contribution is 5.84. The van der Waals surface area contributed by atoms with E-state index in [0.717, 1.165) is 6.42 Å². The zero-order valence-electron chi connectivity index (χ0n) is 11.2. The van der Waals surface area contributed by atoms with Crippen LogP contribution in [0.1, 0.15) is 36.0 Å². The third-order valence-corrected chi connectivity index (χ3v) is 4.58. The van der Waals surface area contributed by atoms with E-state index in [-0.39, 0.29) is 5.92 Å². The van der Waals surface area contributed by atoms with Gasteiger partial charge in [0, 0.05) is 24.4 Å². The summed E-state index contributed by atoms with van der Waals surface area (Å²) >= 11 is 0. The molecule has 3 rings (SSSR count). The van der Waals surface area contributed by atoms with Gasteiger partial charge < -0.3 is 5.32 Å². The largest absolute Gasteiger partial charge is 0.310 e. The summed E-state index contributed by atoms with van der Waals surface area (Å²) < 4.78 is 0. The van der Waals surface area contributed by atoms with Crippen LogP contribution in [0.4, 0.5) is 0 Å². The first-order valence-corrected chi connectivity index (χ1v) is 6.98. The Bertz CT molecular complexity index is 480. The predicted octanol–water partition coefficient (Wildman–Crippen LogP) is 2.56. The van der Waals surface area contributed by atoms with Crippen LogP contribution in [0.3, 0.4) is 0 Å². The quantitative estimate of drug-likeness (QED) is 0.884. The lowest BCUT2D eigenvalue weighted by atomic mass is 9.83. The highest BCUT2D eigenvalue weighted by Gasteiger charge is 2.42. The van der Waals surface area contributed by atoms with Crippen LogP contribution in [-0.4, -0.2) is 17.9 Å². The molecule has 3 atom stereocenters. The third kappa shape index (κ3) is 2.10. The molecule has 2 aliphatic heterocycles. The molecule has 0 radical (unpaired) electrons. The number of nitrogens with one attached hydrogen (secondary N) is 1. The molecule has 3 unspecified atom stereocenters. The molecule has 0 saturated carbocycles. The van der Waals surface area contributed by atoms with E-state index in [1.807, 2.05) is 0 Å². The summed E-state index contributed by atoms with van der Waals surface area (Å²) in [5.74, 6) is 0.701. The first-order valence-electron chi connectivity index (χ1n) is 6.98. The van der Waals surface area contributed by atoms with Gasteiger partial charge >= 0.3 is 0 Å². The molecule has 2 aliphatic rings. The molecule has 18 heavy (non-hydrogen) atoms.